The number of nitrogens with one attached hydrogen (secondary N) is 1. The maximum Gasteiger partial charge on any atom is 0.337 e. The third kappa shape index (κ3) is 5.38. The number of hydrogen-bond acceptors (Lipinski definition) is 5. The molecule has 2 aromatic carbocycles. The number of rotatable bonds is 7. The summed E-state index contributed by atoms with van der Waals surface area (Å²) in [6.45, 7) is 0. The molecule has 0 atom stereocenters. The summed E-state index contributed by atoms with van der Waals surface area (Å²) in [6, 6.07) is 12.9. The van der Waals surface area contributed by atoms with Gasteiger partial charge < -0.3 is 10.1 Å². The zero-order valence-electron chi connectivity index (χ0n) is 15.4. The van der Waals surface area contributed by atoms with Gasteiger partial charge in [-0.1, -0.05) is 12.1 Å². The molecule has 2 aromatic rings. The monoisotopic (exact) mass is 390 g/mol. The Balaban J connectivity index is 1.91. The van der Waals surface area contributed by atoms with Crippen LogP contribution in [0.15, 0.2) is 53.4 Å². The fourth-order valence-electron chi connectivity index (χ4n) is 2.33. The first kappa shape index (κ1) is 20.6. The second-order valence-corrected chi connectivity index (χ2v) is 8.20. The van der Waals surface area contributed by atoms with Crippen LogP contribution >= 0.6 is 0 Å². The van der Waals surface area contributed by atoms with E-state index in [2.05, 4.69) is 10.1 Å². The molecule has 0 aliphatic heterocycles. The molecule has 0 aliphatic rings. The highest BCUT2D eigenvalue weighted by molar-refractivity contribution is 7.89. The molecule has 0 unspecified atom stereocenters. The standard InChI is InChI=1S/C19H22N2O5S/c1-21(2)27(24,25)17-11-4-14(5-12-17)6-13-18(22)20-16-9-7-15(8-10-16)19(23)26-3/h4-5,7-12H,6,13H2,1-3H3,(H,20,22). The van der Waals surface area contributed by atoms with E-state index in [1.165, 1.54) is 33.3 Å². The lowest BCUT2D eigenvalue weighted by Gasteiger charge is -2.11. The number of sulfonamides is 1. The highest BCUT2D eigenvalue weighted by Gasteiger charge is 2.16. The fraction of sp³-hybridized carbons (Fsp3) is 0.263. The van der Waals surface area contributed by atoms with Crippen molar-refractivity contribution < 1.29 is 22.7 Å². The van der Waals surface area contributed by atoms with Crippen molar-refractivity contribution in [1.29, 1.82) is 0 Å². The predicted molar refractivity (Wildman–Crippen MR) is 102 cm³/mol. The van der Waals surface area contributed by atoms with Crippen LogP contribution in [0, 0.1) is 0 Å². The summed E-state index contributed by atoms with van der Waals surface area (Å²) < 4.78 is 29.8. The number of ether oxygens (including phenoxy) is 1. The number of carbonyl (C=O) groups is 2. The van der Waals surface area contributed by atoms with E-state index in [-0.39, 0.29) is 17.2 Å². The summed E-state index contributed by atoms with van der Waals surface area (Å²) in [5.41, 5.74) is 1.85. The number of aryl methyl sites for hydroxylation is 1. The molecule has 1 amide bonds. The minimum Gasteiger partial charge on any atom is -0.465 e. The molecule has 0 aliphatic carbocycles. The average Bonchev–Trinajstić information content (AvgIpc) is 2.66. The zero-order chi connectivity index (χ0) is 20.0. The molecule has 144 valence electrons. The number of anilines is 1. The van der Waals surface area contributed by atoms with E-state index < -0.39 is 16.0 Å². The minimum absolute atomic E-state index is 0.175. The van der Waals surface area contributed by atoms with Crippen LogP contribution in [0.4, 0.5) is 5.69 Å². The first-order chi connectivity index (χ1) is 12.7. The molecular formula is C19H22N2O5S. The zero-order valence-corrected chi connectivity index (χ0v) is 16.2. The topological polar surface area (TPSA) is 92.8 Å². The fourth-order valence-corrected chi connectivity index (χ4v) is 3.23. The summed E-state index contributed by atoms with van der Waals surface area (Å²) in [5.74, 6) is -0.613. The Labute approximate surface area is 159 Å². The molecule has 1 N–H and O–H groups in total. The van der Waals surface area contributed by atoms with Crippen LogP contribution in [0.1, 0.15) is 22.3 Å². The van der Waals surface area contributed by atoms with Crippen LogP contribution in [0.2, 0.25) is 0 Å². The molecule has 0 fully saturated rings. The normalized spacial score (nSPS) is 11.3. The van der Waals surface area contributed by atoms with E-state index in [0.717, 1.165) is 9.87 Å². The SMILES string of the molecule is COC(=O)c1ccc(NC(=O)CCc2ccc(S(=O)(=O)N(C)C)cc2)cc1. The number of benzene rings is 2. The molecule has 0 bridgehead atoms. The Kier molecular flexibility index (Phi) is 6.70. The number of methoxy groups -OCH3 is 1. The van der Waals surface area contributed by atoms with E-state index in [4.69, 9.17) is 0 Å². The molecular weight excluding hydrogens is 368 g/mol. The number of hydrogen-bond donors (Lipinski definition) is 1. The van der Waals surface area contributed by atoms with Gasteiger partial charge >= 0.3 is 5.97 Å². The third-order valence-corrected chi connectivity index (χ3v) is 5.76. The van der Waals surface area contributed by atoms with Gasteiger partial charge in [0.15, 0.2) is 0 Å². The molecule has 0 radical (unpaired) electrons. The van der Waals surface area contributed by atoms with Crippen molar-refractivity contribution in [3.63, 3.8) is 0 Å². The van der Waals surface area contributed by atoms with Crippen molar-refractivity contribution in [2.24, 2.45) is 0 Å². The predicted octanol–water partition coefficient (Wildman–Crippen LogP) is 2.29. The maximum absolute atomic E-state index is 12.1. The van der Waals surface area contributed by atoms with Gasteiger partial charge in [0.1, 0.15) is 0 Å². The van der Waals surface area contributed by atoms with Crippen molar-refractivity contribution in [3.8, 4) is 0 Å². The van der Waals surface area contributed by atoms with Crippen molar-refractivity contribution in [2.75, 3.05) is 26.5 Å². The summed E-state index contributed by atoms with van der Waals surface area (Å²) in [4.78, 5) is 23.7. The van der Waals surface area contributed by atoms with Crippen molar-refractivity contribution in [2.45, 2.75) is 17.7 Å². The van der Waals surface area contributed by atoms with Crippen molar-refractivity contribution >= 4 is 27.6 Å². The van der Waals surface area contributed by atoms with Gasteiger partial charge in [-0.15, -0.1) is 0 Å². The Hall–Kier alpha value is -2.71. The van der Waals surface area contributed by atoms with Crippen LogP contribution in [-0.2, 0) is 26.0 Å². The van der Waals surface area contributed by atoms with Gasteiger partial charge in [-0.25, -0.2) is 17.5 Å². The summed E-state index contributed by atoms with van der Waals surface area (Å²) >= 11 is 0. The number of esters is 1. The molecule has 7 nitrogen and oxygen atoms in total. The number of nitrogens with zero attached hydrogens (tertiary/aromatic N) is 1. The van der Waals surface area contributed by atoms with E-state index in [0.29, 0.717) is 17.7 Å². The van der Waals surface area contributed by atoms with Gasteiger partial charge in [0.05, 0.1) is 17.6 Å². The Bertz CT molecular complexity index is 904. The average molecular weight is 390 g/mol. The van der Waals surface area contributed by atoms with Gasteiger partial charge in [0, 0.05) is 26.2 Å². The molecule has 0 spiro atoms. The lowest BCUT2D eigenvalue weighted by Crippen LogP contribution is -2.22. The van der Waals surface area contributed by atoms with Crippen LogP contribution in [0.5, 0.6) is 0 Å². The summed E-state index contributed by atoms with van der Waals surface area (Å²) in [5, 5.41) is 2.75. The number of carbonyl (C=O) groups excluding carboxylic acids is 2. The largest absolute Gasteiger partial charge is 0.465 e. The van der Waals surface area contributed by atoms with Crippen LogP contribution in [0.25, 0.3) is 0 Å². The lowest BCUT2D eigenvalue weighted by atomic mass is 10.1. The van der Waals surface area contributed by atoms with Crippen molar-refractivity contribution in [3.05, 3.63) is 59.7 Å². The second kappa shape index (κ2) is 8.79. The quantitative estimate of drug-likeness (QED) is 0.732. The van der Waals surface area contributed by atoms with E-state index in [9.17, 15) is 18.0 Å². The molecule has 0 saturated carbocycles. The molecule has 2 rings (SSSR count). The van der Waals surface area contributed by atoms with Gasteiger partial charge in [0.25, 0.3) is 0 Å². The summed E-state index contributed by atoms with van der Waals surface area (Å²) in [7, 11) is 0.805. The molecule has 27 heavy (non-hydrogen) atoms. The van der Waals surface area contributed by atoms with E-state index in [1.54, 1.807) is 36.4 Å². The smallest absolute Gasteiger partial charge is 0.337 e. The minimum atomic E-state index is -3.46. The molecule has 8 heteroatoms. The molecule has 0 saturated heterocycles. The first-order valence-electron chi connectivity index (χ1n) is 8.23. The lowest BCUT2D eigenvalue weighted by molar-refractivity contribution is -0.116. The van der Waals surface area contributed by atoms with Gasteiger partial charge in [0.2, 0.25) is 15.9 Å². The molecule has 0 aromatic heterocycles. The Morgan fingerprint density at radius 2 is 1.59 bits per heavy atom. The van der Waals surface area contributed by atoms with Gasteiger partial charge in [-0.2, -0.15) is 0 Å². The van der Waals surface area contributed by atoms with E-state index in [1.807, 2.05) is 0 Å². The van der Waals surface area contributed by atoms with Crippen LogP contribution in [-0.4, -0.2) is 45.8 Å². The molecule has 0 heterocycles. The van der Waals surface area contributed by atoms with Crippen LogP contribution in [0.3, 0.4) is 0 Å². The van der Waals surface area contributed by atoms with Crippen LogP contribution < -0.4 is 5.32 Å². The first-order valence-corrected chi connectivity index (χ1v) is 9.67. The highest BCUT2D eigenvalue weighted by atomic mass is 32.2. The van der Waals surface area contributed by atoms with Gasteiger partial charge in [-0.3, -0.25) is 4.79 Å². The third-order valence-electron chi connectivity index (χ3n) is 3.93. The number of amides is 1. The summed E-state index contributed by atoms with van der Waals surface area (Å²) in [6.07, 6.45) is 0.729. The van der Waals surface area contributed by atoms with E-state index >= 15 is 0 Å². The van der Waals surface area contributed by atoms with Gasteiger partial charge in [-0.05, 0) is 48.4 Å². The second-order valence-electron chi connectivity index (χ2n) is 6.05. The Morgan fingerprint density at radius 1 is 1.00 bits per heavy atom. The van der Waals surface area contributed by atoms with Crippen molar-refractivity contribution in [1.82, 2.24) is 4.31 Å². The maximum atomic E-state index is 12.1. The highest BCUT2D eigenvalue weighted by Crippen LogP contribution is 2.15. The Morgan fingerprint density at radius 3 is 2.11 bits per heavy atom.